The van der Waals surface area contributed by atoms with E-state index < -0.39 is 10.0 Å². The number of sulfonamides is 1. The molecule has 6 heteroatoms. The van der Waals surface area contributed by atoms with Gasteiger partial charge in [-0.25, -0.2) is 13.1 Å². The molecule has 20 heavy (non-hydrogen) atoms. The molecular formula is C14H23N3O2S. The van der Waals surface area contributed by atoms with Gasteiger partial charge in [0.15, 0.2) is 0 Å². The van der Waals surface area contributed by atoms with E-state index in [2.05, 4.69) is 17.1 Å². The summed E-state index contributed by atoms with van der Waals surface area (Å²) in [5, 5.41) is 0. The molecular weight excluding hydrogens is 274 g/mol. The number of hydrogen-bond acceptors (Lipinski definition) is 4. The van der Waals surface area contributed by atoms with Gasteiger partial charge in [0, 0.05) is 6.04 Å². The quantitative estimate of drug-likeness (QED) is 0.452. The van der Waals surface area contributed by atoms with Crippen LogP contribution < -0.4 is 16.0 Å². The van der Waals surface area contributed by atoms with E-state index in [0.29, 0.717) is 11.6 Å². The number of hydrazine groups is 1. The summed E-state index contributed by atoms with van der Waals surface area (Å²) in [7, 11) is -3.54. The van der Waals surface area contributed by atoms with Crippen LogP contribution in [0.25, 0.3) is 0 Å². The molecule has 0 radical (unpaired) electrons. The predicted molar refractivity (Wildman–Crippen MR) is 80.6 cm³/mol. The summed E-state index contributed by atoms with van der Waals surface area (Å²) in [5.41, 5.74) is 2.86. The van der Waals surface area contributed by atoms with Crippen LogP contribution in [0.4, 0.5) is 5.69 Å². The van der Waals surface area contributed by atoms with Crippen LogP contribution in [0.5, 0.6) is 0 Å². The Morgan fingerprint density at radius 2 is 1.85 bits per heavy atom. The van der Waals surface area contributed by atoms with Gasteiger partial charge in [0.25, 0.3) is 0 Å². The molecule has 0 aromatic heterocycles. The van der Waals surface area contributed by atoms with Crippen LogP contribution in [-0.4, -0.2) is 14.5 Å². The molecule has 1 aliphatic rings. The van der Waals surface area contributed by atoms with Crippen molar-refractivity contribution in [3.8, 4) is 0 Å². The Hall–Kier alpha value is -1.11. The van der Waals surface area contributed by atoms with Gasteiger partial charge in [0.05, 0.1) is 5.69 Å². The first-order valence-corrected chi connectivity index (χ1v) is 8.61. The molecule has 1 saturated carbocycles. The Morgan fingerprint density at radius 1 is 1.15 bits per heavy atom. The minimum absolute atomic E-state index is 0.00771. The Morgan fingerprint density at radius 3 is 2.60 bits per heavy atom. The average molecular weight is 297 g/mol. The monoisotopic (exact) mass is 297 g/mol. The Bertz CT molecular complexity index is 545. The number of hydrogen-bond donors (Lipinski definition) is 3. The van der Waals surface area contributed by atoms with Gasteiger partial charge in [-0.2, -0.15) is 0 Å². The molecule has 0 bridgehead atoms. The van der Waals surface area contributed by atoms with E-state index in [4.69, 9.17) is 5.84 Å². The molecule has 2 unspecified atom stereocenters. The molecule has 1 aliphatic carbocycles. The molecule has 4 N–H and O–H groups in total. The highest BCUT2D eigenvalue weighted by atomic mass is 32.2. The SMILES string of the molecule is CC1CCCCCC1NS(=O)(=O)c1ccccc1NN. The lowest BCUT2D eigenvalue weighted by atomic mass is 9.98. The van der Waals surface area contributed by atoms with Gasteiger partial charge < -0.3 is 5.43 Å². The third-order valence-electron chi connectivity index (χ3n) is 4.00. The van der Waals surface area contributed by atoms with E-state index in [9.17, 15) is 8.42 Å². The number of nitrogens with one attached hydrogen (secondary N) is 2. The van der Waals surface area contributed by atoms with Crippen molar-refractivity contribution in [2.24, 2.45) is 11.8 Å². The highest BCUT2D eigenvalue weighted by molar-refractivity contribution is 7.89. The molecule has 2 atom stereocenters. The van der Waals surface area contributed by atoms with Crippen molar-refractivity contribution in [1.29, 1.82) is 0 Å². The number of anilines is 1. The Balaban J connectivity index is 2.22. The fourth-order valence-electron chi connectivity index (χ4n) is 2.75. The van der Waals surface area contributed by atoms with E-state index in [1.807, 2.05) is 0 Å². The van der Waals surface area contributed by atoms with E-state index in [-0.39, 0.29) is 10.9 Å². The first-order chi connectivity index (χ1) is 9.54. The number of rotatable bonds is 4. The zero-order chi connectivity index (χ0) is 14.6. The molecule has 0 amide bonds. The summed E-state index contributed by atoms with van der Waals surface area (Å²) >= 11 is 0. The van der Waals surface area contributed by atoms with Gasteiger partial charge >= 0.3 is 0 Å². The van der Waals surface area contributed by atoms with Gasteiger partial charge in [0.2, 0.25) is 10.0 Å². The fourth-order valence-corrected chi connectivity index (χ4v) is 4.30. The lowest BCUT2D eigenvalue weighted by Gasteiger charge is -2.23. The second-order valence-corrected chi connectivity index (χ2v) is 7.17. The summed E-state index contributed by atoms with van der Waals surface area (Å²) in [6.45, 7) is 2.12. The highest BCUT2D eigenvalue weighted by Crippen LogP contribution is 2.26. The Labute approximate surface area is 121 Å². The van der Waals surface area contributed by atoms with Crippen LogP contribution in [0, 0.1) is 5.92 Å². The lowest BCUT2D eigenvalue weighted by molar-refractivity contribution is 0.399. The van der Waals surface area contributed by atoms with E-state index >= 15 is 0 Å². The summed E-state index contributed by atoms with van der Waals surface area (Å²) in [6.07, 6.45) is 5.42. The van der Waals surface area contributed by atoms with Crippen molar-refractivity contribution in [3.63, 3.8) is 0 Å². The first-order valence-electron chi connectivity index (χ1n) is 7.12. The summed E-state index contributed by atoms with van der Waals surface area (Å²) in [6, 6.07) is 6.69. The van der Waals surface area contributed by atoms with Crippen LogP contribution in [-0.2, 0) is 10.0 Å². The zero-order valence-electron chi connectivity index (χ0n) is 11.8. The van der Waals surface area contributed by atoms with E-state index in [1.165, 1.54) is 12.8 Å². The lowest BCUT2D eigenvalue weighted by Crippen LogP contribution is -2.39. The van der Waals surface area contributed by atoms with Crippen molar-refractivity contribution in [2.75, 3.05) is 5.43 Å². The maximum Gasteiger partial charge on any atom is 0.242 e. The molecule has 1 fully saturated rings. The molecule has 112 valence electrons. The molecule has 5 nitrogen and oxygen atoms in total. The third kappa shape index (κ3) is 3.50. The van der Waals surface area contributed by atoms with Crippen molar-refractivity contribution >= 4 is 15.7 Å². The topological polar surface area (TPSA) is 84.2 Å². The van der Waals surface area contributed by atoms with Gasteiger partial charge in [-0.05, 0) is 30.9 Å². The number of benzene rings is 1. The Kier molecular flexibility index (Phi) is 5.01. The van der Waals surface area contributed by atoms with Crippen LogP contribution >= 0.6 is 0 Å². The van der Waals surface area contributed by atoms with E-state index in [0.717, 1.165) is 19.3 Å². The maximum absolute atomic E-state index is 12.5. The number of para-hydroxylation sites is 1. The molecule has 0 aliphatic heterocycles. The minimum atomic E-state index is -3.54. The molecule has 0 saturated heterocycles. The van der Waals surface area contributed by atoms with Crippen LogP contribution in [0.1, 0.15) is 39.0 Å². The normalized spacial score (nSPS) is 24.1. The van der Waals surface area contributed by atoms with Crippen molar-refractivity contribution < 1.29 is 8.42 Å². The highest BCUT2D eigenvalue weighted by Gasteiger charge is 2.27. The minimum Gasteiger partial charge on any atom is -0.323 e. The number of nitrogens with two attached hydrogens (primary N) is 1. The standard InChI is InChI=1S/C14H23N3O2S/c1-11-7-3-2-4-8-12(11)17-20(18,19)14-10-6-5-9-13(14)16-15/h5-6,9-12,16-17H,2-4,7-8,15H2,1H3. The second kappa shape index (κ2) is 6.56. The summed E-state index contributed by atoms with van der Waals surface area (Å²) < 4.78 is 27.9. The van der Waals surface area contributed by atoms with E-state index in [1.54, 1.807) is 24.3 Å². The second-order valence-electron chi connectivity index (χ2n) is 5.48. The smallest absolute Gasteiger partial charge is 0.242 e. The molecule has 0 heterocycles. The number of nitrogen functional groups attached to an aromatic ring is 1. The fraction of sp³-hybridized carbons (Fsp3) is 0.571. The molecule has 0 spiro atoms. The molecule has 1 aromatic rings. The van der Waals surface area contributed by atoms with Crippen molar-refractivity contribution in [3.05, 3.63) is 24.3 Å². The van der Waals surface area contributed by atoms with Crippen LogP contribution in [0.15, 0.2) is 29.2 Å². The van der Waals surface area contributed by atoms with Gasteiger partial charge in [-0.3, -0.25) is 5.84 Å². The van der Waals surface area contributed by atoms with Gasteiger partial charge in [-0.15, -0.1) is 0 Å². The van der Waals surface area contributed by atoms with Crippen LogP contribution in [0.2, 0.25) is 0 Å². The summed E-state index contributed by atoms with van der Waals surface area (Å²) in [5.74, 6) is 5.76. The van der Waals surface area contributed by atoms with Crippen molar-refractivity contribution in [1.82, 2.24) is 4.72 Å². The van der Waals surface area contributed by atoms with Gasteiger partial charge in [0.1, 0.15) is 4.90 Å². The summed E-state index contributed by atoms with van der Waals surface area (Å²) in [4.78, 5) is 0.207. The van der Waals surface area contributed by atoms with Crippen LogP contribution in [0.3, 0.4) is 0 Å². The maximum atomic E-state index is 12.5. The largest absolute Gasteiger partial charge is 0.323 e. The third-order valence-corrected chi connectivity index (χ3v) is 5.55. The molecule has 1 aromatic carbocycles. The zero-order valence-corrected chi connectivity index (χ0v) is 12.6. The average Bonchev–Trinajstić information content (AvgIpc) is 2.64. The predicted octanol–water partition coefficient (Wildman–Crippen LogP) is 2.22. The first kappa shape index (κ1) is 15.3. The van der Waals surface area contributed by atoms with Gasteiger partial charge in [-0.1, -0.05) is 38.3 Å². The van der Waals surface area contributed by atoms with Crippen molar-refractivity contribution in [2.45, 2.75) is 50.0 Å². The molecule has 2 rings (SSSR count).